The first kappa shape index (κ1) is 12.9. The van der Waals surface area contributed by atoms with Crippen LogP contribution in [0.5, 0.6) is 0 Å². The molecule has 0 atom stereocenters. The highest BCUT2D eigenvalue weighted by molar-refractivity contribution is 5.55. The number of benzene rings is 1. The third kappa shape index (κ3) is 3.07. The van der Waals surface area contributed by atoms with E-state index in [1.165, 1.54) is 18.9 Å². The Morgan fingerprint density at radius 2 is 1.95 bits per heavy atom. The Morgan fingerprint density at radius 3 is 2.63 bits per heavy atom. The first-order chi connectivity index (χ1) is 9.24. The Morgan fingerprint density at radius 1 is 1.21 bits per heavy atom. The maximum atomic E-state index is 14.1. The second-order valence-electron chi connectivity index (χ2n) is 5.62. The van der Waals surface area contributed by atoms with E-state index in [9.17, 15) is 9.50 Å². The number of rotatable bonds is 4. The number of para-hydroxylation sites is 1. The van der Waals surface area contributed by atoms with Gasteiger partial charge in [0.05, 0.1) is 11.8 Å². The van der Waals surface area contributed by atoms with Gasteiger partial charge >= 0.3 is 0 Å². The van der Waals surface area contributed by atoms with Gasteiger partial charge in [0.15, 0.2) is 0 Å². The quantitative estimate of drug-likeness (QED) is 0.873. The molecule has 1 heterocycles. The molecule has 2 fully saturated rings. The maximum Gasteiger partial charge on any atom is 0.146 e. The average Bonchev–Trinajstić information content (AvgIpc) is 3.22. The molecule has 1 saturated heterocycles. The number of aliphatic hydroxyl groups excluding tert-OH is 1. The topological polar surface area (TPSA) is 35.5 Å². The largest absolute Gasteiger partial charge is 0.393 e. The molecule has 0 amide bonds. The van der Waals surface area contributed by atoms with Crippen LogP contribution in [0.1, 0.15) is 31.2 Å². The van der Waals surface area contributed by atoms with E-state index in [0.717, 1.165) is 43.7 Å². The van der Waals surface area contributed by atoms with E-state index < -0.39 is 0 Å². The summed E-state index contributed by atoms with van der Waals surface area (Å²) in [5, 5.41) is 13.0. The molecule has 2 N–H and O–H groups in total. The number of aliphatic hydroxyl groups is 1. The fraction of sp³-hybridized carbons (Fsp3) is 0.600. The molecule has 0 aromatic heterocycles. The molecule has 19 heavy (non-hydrogen) atoms. The number of halogens is 1. The summed E-state index contributed by atoms with van der Waals surface area (Å²) < 4.78 is 14.1. The summed E-state index contributed by atoms with van der Waals surface area (Å²) in [4.78, 5) is 2.08. The molecule has 0 unspecified atom stereocenters. The number of hydrogen-bond donors (Lipinski definition) is 2. The zero-order valence-electron chi connectivity index (χ0n) is 11.1. The molecule has 0 radical (unpaired) electrons. The van der Waals surface area contributed by atoms with Crippen LogP contribution >= 0.6 is 0 Å². The van der Waals surface area contributed by atoms with Crippen LogP contribution in [0.15, 0.2) is 18.2 Å². The van der Waals surface area contributed by atoms with Crippen LogP contribution in [-0.2, 0) is 6.54 Å². The van der Waals surface area contributed by atoms with Crippen LogP contribution in [-0.4, -0.2) is 30.3 Å². The third-order valence-corrected chi connectivity index (χ3v) is 4.01. The van der Waals surface area contributed by atoms with Gasteiger partial charge in [0.1, 0.15) is 5.82 Å². The smallest absolute Gasteiger partial charge is 0.146 e. The molecular weight excluding hydrogens is 243 g/mol. The molecule has 3 nitrogen and oxygen atoms in total. The molecule has 1 aromatic carbocycles. The standard InChI is InChI=1S/C15H21FN2O/c16-14-3-1-2-11(10-17-12-4-5-12)15(14)18-8-6-13(19)7-9-18/h1-3,12-13,17,19H,4-10H2. The lowest BCUT2D eigenvalue weighted by Gasteiger charge is -2.33. The summed E-state index contributed by atoms with van der Waals surface area (Å²) in [6.07, 6.45) is 3.70. The first-order valence-electron chi connectivity index (χ1n) is 7.18. The minimum atomic E-state index is -0.226. The van der Waals surface area contributed by atoms with Gasteiger partial charge in [0.25, 0.3) is 0 Å². The number of nitrogens with zero attached hydrogens (tertiary/aromatic N) is 1. The Kier molecular flexibility index (Phi) is 3.71. The number of anilines is 1. The van der Waals surface area contributed by atoms with E-state index in [4.69, 9.17) is 0 Å². The van der Waals surface area contributed by atoms with Gasteiger partial charge < -0.3 is 15.3 Å². The number of hydrogen-bond acceptors (Lipinski definition) is 3. The van der Waals surface area contributed by atoms with Crippen LogP contribution in [0, 0.1) is 5.82 Å². The van der Waals surface area contributed by atoms with Gasteiger partial charge in [-0.2, -0.15) is 0 Å². The predicted octanol–water partition coefficient (Wildman–Crippen LogP) is 2.04. The molecular formula is C15H21FN2O. The van der Waals surface area contributed by atoms with Crippen molar-refractivity contribution in [2.24, 2.45) is 0 Å². The minimum Gasteiger partial charge on any atom is -0.393 e. The van der Waals surface area contributed by atoms with Crippen molar-refractivity contribution in [1.82, 2.24) is 5.32 Å². The van der Waals surface area contributed by atoms with E-state index in [1.54, 1.807) is 6.07 Å². The molecule has 1 aliphatic heterocycles. The van der Waals surface area contributed by atoms with Crippen molar-refractivity contribution in [1.29, 1.82) is 0 Å². The molecule has 3 rings (SSSR count). The lowest BCUT2D eigenvalue weighted by Crippen LogP contribution is -2.37. The molecule has 1 aliphatic carbocycles. The van der Waals surface area contributed by atoms with Gasteiger partial charge in [0, 0.05) is 25.7 Å². The second-order valence-corrected chi connectivity index (χ2v) is 5.62. The van der Waals surface area contributed by atoms with Gasteiger partial charge in [-0.25, -0.2) is 4.39 Å². The van der Waals surface area contributed by atoms with Crippen molar-refractivity contribution in [2.45, 2.75) is 44.4 Å². The molecule has 4 heteroatoms. The summed E-state index contributed by atoms with van der Waals surface area (Å²) in [6, 6.07) is 5.93. The van der Waals surface area contributed by atoms with E-state index in [1.807, 2.05) is 6.07 Å². The van der Waals surface area contributed by atoms with Crippen molar-refractivity contribution in [3.05, 3.63) is 29.6 Å². The fourth-order valence-electron chi connectivity index (χ4n) is 2.69. The third-order valence-electron chi connectivity index (χ3n) is 4.01. The lowest BCUT2D eigenvalue weighted by molar-refractivity contribution is 0.145. The van der Waals surface area contributed by atoms with E-state index in [2.05, 4.69) is 10.2 Å². The van der Waals surface area contributed by atoms with Crippen molar-refractivity contribution >= 4 is 5.69 Å². The monoisotopic (exact) mass is 264 g/mol. The second kappa shape index (κ2) is 5.47. The van der Waals surface area contributed by atoms with Gasteiger partial charge in [-0.1, -0.05) is 12.1 Å². The molecule has 1 aromatic rings. The number of nitrogens with one attached hydrogen (secondary N) is 1. The highest BCUT2D eigenvalue weighted by Gasteiger charge is 2.24. The zero-order chi connectivity index (χ0) is 13.2. The lowest BCUT2D eigenvalue weighted by atomic mass is 10.0. The predicted molar refractivity (Wildman–Crippen MR) is 73.7 cm³/mol. The van der Waals surface area contributed by atoms with E-state index in [0.29, 0.717) is 6.04 Å². The maximum absolute atomic E-state index is 14.1. The minimum absolute atomic E-state index is 0.147. The van der Waals surface area contributed by atoms with E-state index in [-0.39, 0.29) is 11.9 Å². The summed E-state index contributed by atoms with van der Waals surface area (Å²) in [5.74, 6) is -0.147. The average molecular weight is 264 g/mol. The van der Waals surface area contributed by atoms with Crippen molar-refractivity contribution < 1.29 is 9.50 Å². The highest BCUT2D eigenvalue weighted by Crippen LogP contribution is 2.28. The van der Waals surface area contributed by atoms with Gasteiger partial charge in [0.2, 0.25) is 0 Å². The summed E-state index contributed by atoms with van der Waals surface area (Å²) in [7, 11) is 0. The molecule has 104 valence electrons. The Labute approximate surface area is 113 Å². The van der Waals surface area contributed by atoms with Gasteiger partial charge in [-0.3, -0.25) is 0 Å². The molecule has 0 bridgehead atoms. The van der Waals surface area contributed by atoms with Crippen LogP contribution in [0.2, 0.25) is 0 Å². The van der Waals surface area contributed by atoms with E-state index >= 15 is 0 Å². The van der Waals surface area contributed by atoms with Crippen molar-refractivity contribution in [2.75, 3.05) is 18.0 Å². The fourth-order valence-corrected chi connectivity index (χ4v) is 2.69. The summed E-state index contributed by atoms with van der Waals surface area (Å²) in [5.41, 5.74) is 1.76. The van der Waals surface area contributed by atoms with Gasteiger partial charge in [-0.15, -0.1) is 0 Å². The van der Waals surface area contributed by atoms with Crippen molar-refractivity contribution in [3.63, 3.8) is 0 Å². The molecule has 0 spiro atoms. The zero-order valence-corrected chi connectivity index (χ0v) is 11.1. The first-order valence-corrected chi connectivity index (χ1v) is 7.18. The Bertz CT molecular complexity index is 440. The summed E-state index contributed by atoms with van der Waals surface area (Å²) in [6.45, 7) is 2.20. The van der Waals surface area contributed by atoms with Crippen LogP contribution < -0.4 is 10.2 Å². The highest BCUT2D eigenvalue weighted by atomic mass is 19.1. The van der Waals surface area contributed by atoms with Crippen LogP contribution in [0.4, 0.5) is 10.1 Å². The van der Waals surface area contributed by atoms with Crippen molar-refractivity contribution in [3.8, 4) is 0 Å². The molecule has 2 aliphatic rings. The Balaban J connectivity index is 1.77. The molecule has 1 saturated carbocycles. The van der Waals surface area contributed by atoms with Crippen LogP contribution in [0.3, 0.4) is 0 Å². The summed E-state index contributed by atoms with van der Waals surface area (Å²) >= 11 is 0. The SMILES string of the molecule is OC1CCN(c2c(F)cccc2CNC2CC2)CC1. The van der Waals surface area contributed by atoms with Crippen LogP contribution in [0.25, 0.3) is 0 Å². The normalized spacial score (nSPS) is 20.8. The van der Waals surface area contributed by atoms with Gasteiger partial charge in [-0.05, 0) is 37.3 Å². The Hall–Kier alpha value is -1.13. The number of piperidine rings is 1.